The van der Waals surface area contributed by atoms with E-state index in [9.17, 15) is 4.79 Å². The maximum Gasteiger partial charge on any atom is 0.220 e. The van der Waals surface area contributed by atoms with Crippen molar-refractivity contribution in [3.8, 4) is 0 Å². The molecule has 98 valence electrons. The van der Waals surface area contributed by atoms with E-state index in [-0.39, 0.29) is 5.91 Å². The fraction of sp³-hybridized carbons (Fsp3) is 0.786. The van der Waals surface area contributed by atoms with Gasteiger partial charge in [-0.3, -0.25) is 4.79 Å². The molecule has 0 saturated heterocycles. The molecule has 1 unspecified atom stereocenters. The molecular formula is C14H26N2O. The van der Waals surface area contributed by atoms with Gasteiger partial charge in [0, 0.05) is 12.5 Å². The summed E-state index contributed by atoms with van der Waals surface area (Å²) in [4.78, 5) is 11.9. The second kappa shape index (κ2) is 7.49. The summed E-state index contributed by atoms with van der Waals surface area (Å²) in [5, 5.41) is 3.11. The van der Waals surface area contributed by atoms with E-state index in [1.54, 1.807) is 0 Å². The van der Waals surface area contributed by atoms with E-state index >= 15 is 0 Å². The summed E-state index contributed by atoms with van der Waals surface area (Å²) in [5.41, 5.74) is 5.71. The van der Waals surface area contributed by atoms with E-state index in [0.717, 1.165) is 25.7 Å². The van der Waals surface area contributed by atoms with E-state index in [4.69, 9.17) is 5.73 Å². The minimum Gasteiger partial charge on any atom is -0.353 e. The highest BCUT2D eigenvalue weighted by molar-refractivity contribution is 5.76. The van der Waals surface area contributed by atoms with Gasteiger partial charge in [-0.1, -0.05) is 26.0 Å². The predicted octanol–water partition coefficient (Wildman–Crippen LogP) is 2.22. The van der Waals surface area contributed by atoms with Gasteiger partial charge in [-0.2, -0.15) is 0 Å². The molecule has 0 radical (unpaired) electrons. The van der Waals surface area contributed by atoms with Crippen molar-refractivity contribution < 1.29 is 4.79 Å². The quantitative estimate of drug-likeness (QED) is 0.697. The van der Waals surface area contributed by atoms with E-state index in [1.165, 1.54) is 0 Å². The molecule has 0 bridgehead atoms. The average Bonchev–Trinajstić information content (AvgIpc) is 2.28. The van der Waals surface area contributed by atoms with Crippen LogP contribution in [-0.4, -0.2) is 18.5 Å². The number of rotatable bonds is 6. The average molecular weight is 238 g/mol. The Morgan fingerprint density at radius 3 is 2.76 bits per heavy atom. The fourth-order valence-corrected chi connectivity index (χ4v) is 2.40. The fourth-order valence-electron chi connectivity index (χ4n) is 2.40. The summed E-state index contributed by atoms with van der Waals surface area (Å²) in [5.74, 6) is 1.10. The van der Waals surface area contributed by atoms with Gasteiger partial charge in [0.25, 0.3) is 0 Å². The maximum atomic E-state index is 11.9. The van der Waals surface area contributed by atoms with E-state index in [0.29, 0.717) is 30.8 Å². The van der Waals surface area contributed by atoms with Crippen molar-refractivity contribution in [1.29, 1.82) is 0 Å². The zero-order valence-corrected chi connectivity index (χ0v) is 11.1. The summed E-state index contributed by atoms with van der Waals surface area (Å²) >= 11 is 0. The lowest BCUT2D eigenvalue weighted by atomic mass is 9.93. The van der Waals surface area contributed by atoms with E-state index < -0.39 is 0 Å². The smallest absolute Gasteiger partial charge is 0.220 e. The molecule has 0 spiro atoms. The molecule has 1 aliphatic rings. The molecule has 0 saturated carbocycles. The molecule has 3 N–H and O–H groups in total. The topological polar surface area (TPSA) is 55.1 Å². The number of carbonyl (C=O) groups excluding carboxylic acids is 1. The van der Waals surface area contributed by atoms with Gasteiger partial charge in [-0.05, 0) is 44.1 Å². The van der Waals surface area contributed by atoms with Gasteiger partial charge in [-0.15, -0.1) is 0 Å². The number of carbonyl (C=O) groups is 1. The van der Waals surface area contributed by atoms with Crippen molar-refractivity contribution in [1.82, 2.24) is 5.32 Å². The van der Waals surface area contributed by atoms with Crippen LogP contribution in [0.2, 0.25) is 0 Å². The van der Waals surface area contributed by atoms with Crippen LogP contribution in [0.1, 0.15) is 46.0 Å². The Balaban J connectivity index is 2.29. The molecule has 2 atom stereocenters. The van der Waals surface area contributed by atoms with Crippen molar-refractivity contribution in [3.05, 3.63) is 12.2 Å². The van der Waals surface area contributed by atoms with Gasteiger partial charge in [0.2, 0.25) is 5.91 Å². The second-order valence-corrected chi connectivity index (χ2v) is 5.48. The van der Waals surface area contributed by atoms with Gasteiger partial charge in [-0.25, -0.2) is 0 Å². The van der Waals surface area contributed by atoms with Crippen LogP contribution < -0.4 is 11.1 Å². The van der Waals surface area contributed by atoms with E-state index in [2.05, 4.69) is 31.3 Å². The lowest BCUT2D eigenvalue weighted by Gasteiger charge is -2.22. The van der Waals surface area contributed by atoms with E-state index in [1.807, 2.05) is 0 Å². The van der Waals surface area contributed by atoms with Gasteiger partial charge >= 0.3 is 0 Å². The summed E-state index contributed by atoms with van der Waals surface area (Å²) in [6, 6.07) is 0.338. The van der Waals surface area contributed by atoms with Crippen LogP contribution in [0.25, 0.3) is 0 Å². The Labute approximate surface area is 105 Å². The molecule has 0 aromatic rings. The maximum absolute atomic E-state index is 11.9. The minimum atomic E-state index is 0.168. The van der Waals surface area contributed by atoms with Crippen LogP contribution in [-0.2, 0) is 4.79 Å². The zero-order chi connectivity index (χ0) is 12.7. The van der Waals surface area contributed by atoms with Crippen molar-refractivity contribution in [2.75, 3.05) is 6.54 Å². The Bertz CT molecular complexity index is 261. The lowest BCUT2D eigenvalue weighted by Crippen LogP contribution is -2.37. The molecular weight excluding hydrogens is 212 g/mol. The molecule has 1 rings (SSSR count). The first-order chi connectivity index (χ1) is 8.11. The summed E-state index contributed by atoms with van der Waals surface area (Å²) in [6.07, 6.45) is 9.08. The monoisotopic (exact) mass is 238 g/mol. The van der Waals surface area contributed by atoms with Crippen LogP contribution in [0, 0.1) is 11.8 Å². The third-order valence-electron chi connectivity index (χ3n) is 3.25. The molecule has 0 aliphatic heterocycles. The number of nitrogens with one attached hydrogen (secondary N) is 1. The Hall–Kier alpha value is -0.830. The molecule has 17 heavy (non-hydrogen) atoms. The van der Waals surface area contributed by atoms with Crippen molar-refractivity contribution in [2.24, 2.45) is 17.6 Å². The second-order valence-electron chi connectivity index (χ2n) is 5.48. The SMILES string of the molecule is CC(C)C[C@H](CN)CC(=O)NC1CC=CCC1. The Morgan fingerprint density at radius 1 is 1.47 bits per heavy atom. The van der Waals surface area contributed by atoms with Crippen molar-refractivity contribution in [3.63, 3.8) is 0 Å². The molecule has 0 aromatic heterocycles. The number of hydrogen-bond donors (Lipinski definition) is 2. The van der Waals surface area contributed by atoms with Crippen LogP contribution in [0.4, 0.5) is 0 Å². The highest BCUT2D eigenvalue weighted by atomic mass is 16.1. The number of allylic oxidation sites excluding steroid dienone is 1. The molecule has 1 aliphatic carbocycles. The normalized spacial score (nSPS) is 21.5. The highest BCUT2D eigenvalue weighted by Crippen LogP contribution is 2.15. The summed E-state index contributed by atoms with van der Waals surface area (Å²) in [7, 11) is 0. The largest absolute Gasteiger partial charge is 0.353 e. The summed E-state index contributed by atoms with van der Waals surface area (Å²) < 4.78 is 0. The third kappa shape index (κ3) is 5.87. The number of nitrogens with two attached hydrogens (primary N) is 1. The van der Waals surface area contributed by atoms with Crippen LogP contribution in [0.3, 0.4) is 0 Å². The molecule has 0 fully saturated rings. The van der Waals surface area contributed by atoms with Crippen molar-refractivity contribution >= 4 is 5.91 Å². The molecule has 3 nitrogen and oxygen atoms in total. The first-order valence-electron chi connectivity index (χ1n) is 6.76. The zero-order valence-electron chi connectivity index (χ0n) is 11.1. The number of hydrogen-bond acceptors (Lipinski definition) is 2. The van der Waals surface area contributed by atoms with Gasteiger partial charge in [0.1, 0.15) is 0 Å². The van der Waals surface area contributed by atoms with Crippen LogP contribution >= 0.6 is 0 Å². The molecule has 0 aromatic carbocycles. The van der Waals surface area contributed by atoms with Crippen LogP contribution in [0.15, 0.2) is 12.2 Å². The Morgan fingerprint density at radius 2 is 2.24 bits per heavy atom. The standard InChI is InChI=1S/C14H26N2O/c1-11(2)8-12(10-15)9-14(17)16-13-6-4-3-5-7-13/h3-4,11-13H,5-10,15H2,1-2H3,(H,16,17)/t12-,13?/m0/s1. The molecule has 3 heteroatoms. The summed E-state index contributed by atoms with van der Waals surface area (Å²) in [6.45, 7) is 4.95. The first kappa shape index (κ1) is 14.2. The van der Waals surface area contributed by atoms with Gasteiger partial charge in [0.05, 0.1) is 0 Å². The number of amides is 1. The molecule has 0 heterocycles. The van der Waals surface area contributed by atoms with Crippen LogP contribution in [0.5, 0.6) is 0 Å². The first-order valence-corrected chi connectivity index (χ1v) is 6.76. The van der Waals surface area contributed by atoms with Gasteiger partial charge in [0.15, 0.2) is 0 Å². The van der Waals surface area contributed by atoms with Crippen molar-refractivity contribution in [2.45, 2.75) is 52.0 Å². The lowest BCUT2D eigenvalue weighted by molar-refractivity contribution is -0.122. The predicted molar refractivity (Wildman–Crippen MR) is 71.5 cm³/mol. The van der Waals surface area contributed by atoms with Gasteiger partial charge < -0.3 is 11.1 Å². The highest BCUT2D eigenvalue weighted by Gasteiger charge is 2.17. The molecule has 1 amide bonds. The Kier molecular flexibility index (Phi) is 6.27. The minimum absolute atomic E-state index is 0.168. The third-order valence-corrected chi connectivity index (χ3v) is 3.25.